The van der Waals surface area contributed by atoms with Gasteiger partial charge in [0.1, 0.15) is 12.0 Å². The molecule has 0 spiro atoms. The standard InChI is InChI=1S/C27H35FN6O4/c1-17-9-18-12-29-34(26-11-25(30-27(31-26)36-2)33-6-8-38-20(13-33)15-35)24(18)10-22(17)21-3-5-32(14-23(21)28)19-4-7-37-16-19/h9-12,19-21,23,35H,3-8,13-16H2,1-2H3/t19?,20-,21?,23?/m0/s1. The van der Waals surface area contributed by atoms with E-state index in [1.54, 1.807) is 4.68 Å². The summed E-state index contributed by atoms with van der Waals surface area (Å²) in [5.74, 6) is 1.08. The normalized spacial score (nSPS) is 26.8. The van der Waals surface area contributed by atoms with Crippen molar-refractivity contribution in [2.45, 2.75) is 44.0 Å². The minimum absolute atomic E-state index is 0.0551. The van der Waals surface area contributed by atoms with E-state index in [9.17, 15) is 5.11 Å². The molecule has 10 nitrogen and oxygen atoms in total. The van der Waals surface area contributed by atoms with Gasteiger partial charge in [-0.3, -0.25) is 4.90 Å². The Labute approximate surface area is 221 Å². The number of fused-ring (bicyclic) bond motifs is 1. The van der Waals surface area contributed by atoms with Crippen LogP contribution in [0.4, 0.5) is 10.2 Å². The minimum atomic E-state index is -0.941. The Hall–Kier alpha value is -2.86. The van der Waals surface area contributed by atoms with Gasteiger partial charge in [0.15, 0.2) is 5.82 Å². The number of rotatable bonds is 6. The first-order chi connectivity index (χ1) is 18.5. The number of ether oxygens (including phenoxy) is 3. The maximum Gasteiger partial charge on any atom is 0.320 e. The molecule has 0 radical (unpaired) electrons. The number of halogens is 1. The molecule has 0 amide bonds. The van der Waals surface area contributed by atoms with Crippen LogP contribution in [-0.2, 0) is 9.47 Å². The number of aliphatic hydroxyl groups excluding tert-OH is 1. The molecule has 1 N–H and O–H groups in total. The van der Waals surface area contributed by atoms with Gasteiger partial charge in [-0.15, -0.1) is 0 Å². The Bertz CT molecular complexity index is 1280. The molecule has 38 heavy (non-hydrogen) atoms. The number of hydrogen-bond acceptors (Lipinski definition) is 9. The lowest BCUT2D eigenvalue weighted by molar-refractivity contribution is 0.00333. The summed E-state index contributed by atoms with van der Waals surface area (Å²) >= 11 is 0. The quantitative estimate of drug-likeness (QED) is 0.519. The van der Waals surface area contributed by atoms with Crippen molar-refractivity contribution >= 4 is 16.7 Å². The van der Waals surface area contributed by atoms with E-state index in [-0.39, 0.29) is 24.6 Å². The lowest BCUT2D eigenvalue weighted by atomic mass is 9.84. The number of methoxy groups -OCH3 is 1. The van der Waals surface area contributed by atoms with Crippen molar-refractivity contribution in [2.75, 3.05) is 64.6 Å². The molecule has 3 saturated heterocycles. The molecule has 0 saturated carbocycles. The second kappa shape index (κ2) is 10.7. The summed E-state index contributed by atoms with van der Waals surface area (Å²) < 4.78 is 33.9. The summed E-state index contributed by atoms with van der Waals surface area (Å²) in [4.78, 5) is 13.4. The zero-order valence-electron chi connectivity index (χ0n) is 21.9. The fourth-order valence-electron chi connectivity index (χ4n) is 6.01. The Morgan fingerprint density at radius 3 is 2.74 bits per heavy atom. The summed E-state index contributed by atoms with van der Waals surface area (Å²) in [6, 6.07) is 6.60. The van der Waals surface area contributed by atoms with Gasteiger partial charge in [0.2, 0.25) is 0 Å². The molecule has 3 aromatic rings. The smallest absolute Gasteiger partial charge is 0.320 e. The highest BCUT2D eigenvalue weighted by atomic mass is 19.1. The summed E-state index contributed by atoms with van der Waals surface area (Å²) in [6.45, 7) is 6.44. The van der Waals surface area contributed by atoms with Gasteiger partial charge >= 0.3 is 6.01 Å². The number of benzene rings is 1. The first-order valence-corrected chi connectivity index (χ1v) is 13.4. The van der Waals surface area contributed by atoms with Gasteiger partial charge < -0.3 is 24.2 Å². The fourth-order valence-corrected chi connectivity index (χ4v) is 6.01. The lowest BCUT2D eigenvalue weighted by Gasteiger charge is -2.38. The van der Waals surface area contributed by atoms with E-state index in [1.165, 1.54) is 7.11 Å². The van der Waals surface area contributed by atoms with Crippen LogP contribution in [-0.4, -0.2) is 108 Å². The lowest BCUT2D eigenvalue weighted by Crippen LogP contribution is -2.46. The third-order valence-corrected chi connectivity index (χ3v) is 8.09. The number of hydrogen-bond donors (Lipinski definition) is 1. The highest BCUT2D eigenvalue weighted by molar-refractivity contribution is 5.82. The number of morpholine rings is 1. The third-order valence-electron chi connectivity index (χ3n) is 8.09. The summed E-state index contributed by atoms with van der Waals surface area (Å²) in [5, 5.41) is 15.2. The van der Waals surface area contributed by atoms with E-state index < -0.39 is 6.17 Å². The van der Waals surface area contributed by atoms with Gasteiger partial charge in [-0.05, 0) is 49.6 Å². The monoisotopic (exact) mass is 526 g/mol. The van der Waals surface area contributed by atoms with Crippen molar-refractivity contribution in [3.8, 4) is 11.8 Å². The van der Waals surface area contributed by atoms with E-state index in [2.05, 4.69) is 43.9 Å². The highest BCUT2D eigenvalue weighted by Gasteiger charge is 2.35. The first kappa shape index (κ1) is 25.4. The van der Waals surface area contributed by atoms with E-state index in [1.807, 2.05) is 12.3 Å². The van der Waals surface area contributed by atoms with Gasteiger partial charge in [-0.2, -0.15) is 15.1 Å². The molecule has 11 heteroatoms. The molecule has 0 aliphatic carbocycles. The van der Waals surface area contributed by atoms with Crippen LogP contribution in [0.2, 0.25) is 0 Å². The maximum atomic E-state index is 15.6. The van der Waals surface area contributed by atoms with Gasteiger partial charge in [0.25, 0.3) is 0 Å². The number of aryl methyl sites for hydroxylation is 1. The molecule has 4 atom stereocenters. The van der Waals surface area contributed by atoms with Crippen LogP contribution in [0, 0.1) is 6.92 Å². The van der Waals surface area contributed by atoms with Crippen molar-refractivity contribution < 1.29 is 23.7 Å². The van der Waals surface area contributed by atoms with Crippen molar-refractivity contribution in [1.29, 1.82) is 0 Å². The van der Waals surface area contributed by atoms with Crippen LogP contribution < -0.4 is 9.64 Å². The van der Waals surface area contributed by atoms with Crippen molar-refractivity contribution in [2.24, 2.45) is 0 Å². The largest absolute Gasteiger partial charge is 0.467 e. The van der Waals surface area contributed by atoms with Crippen LogP contribution >= 0.6 is 0 Å². The molecule has 204 valence electrons. The molecule has 3 aliphatic rings. The van der Waals surface area contributed by atoms with Gasteiger partial charge in [0.05, 0.1) is 44.7 Å². The summed E-state index contributed by atoms with van der Waals surface area (Å²) in [6.07, 6.45) is 2.35. The predicted molar refractivity (Wildman–Crippen MR) is 140 cm³/mol. The van der Waals surface area contributed by atoms with E-state index in [0.29, 0.717) is 50.5 Å². The van der Waals surface area contributed by atoms with E-state index >= 15 is 4.39 Å². The zero-order valence-corrected chi connectivity index (χ0v) is 21.9. The highest BCUT2D eigenvalue weighted by Crippen LogP contribution is 2.36. The minimum Gasteiger partial charge on any atom is -0.467 e. The van der Waals surface area contributed by atoms with E-state index in [0.717, 1.165) is 48.0 Å². The van der Waals surface area contributed by atoms with Gasteiger partial charge in [0, 0.05) is 49.7 Å². The number of nitrogens with zero attached hydrogens (tertiary/aromatic N) is 6. The molecular weight excluding hydrogens is 491 g/mol. The molecule has 3 fully saturated rings. The number of aliphatic hydroxyl groups is 1. The Morgan fingerprint density at radius 2 is 1.97 bits per heavy atom. The Morgan fingerprint density at radius 1 is 1.11 bits per heavy atom. The number of likely N-dealkylation sites (tertiary alicyclic amines) is 1. The van der Waals surface area contributed by atoms with Crippen LogP contribution in [0.1, 0.15) is 29.9 Å². The summed E-state index contributed by atoms with van der Waals surface area (Å²) in [7, 11) is 1.53. The second-order valence-corrected chi connectivity index (χ2v) is 10.4. The molecule has 5 heterocycles. The summed E-state index contributed by atoms with van der Waals surface area (Å²) in [5.41, 5.74) is 2.97. The SMILES string of the molecule is COc1nc(N2CCO[C@H](CO)C2)cc(-n2ncc3cc(C)c(C4CCN(C5CCOC5)CC4F)cc32)n1. The van der Waals surface area contributed by atoms with Crippen LogP contribution in [0.15, 0.2) is 24.4 Å². The van der Waals surface area contributed by atoms with Crippen LogP contribution in [0.3, 0.4) is 0 Å². The Kier molecular flexibility index (Phi) is 7.17. The maximum absolute atomic E-state index is 15.6. The third kappa shape index (κ3) is 4.84. The van der Waals surface area contributed by atoms with Gasteiger partial charge in [-0.1, -0.05) is 0 Å². The van der Waals surface area contributed by atoms with Crippen LogP contribution in [0.25, 0.3) is 16.7 Å². The molecule has 0 bridgehead atoms. The molecule has 6 rings (SSSR count). The predicted octanol–water partition coefficient (Wildman–Crippen LogP) is 2.25. The molecule has 1 aromatic carbocycles. The Balaban J connectivity index is 1.32. The number of alkyl halides is 1. The number of aromatic nitrogens is 4. The van der Waals surface area contributed by atoms with Crippen molar-refractivity contribution in [3.63, 3.8) is 0 Å². The van der Waals surface area contributed by atoms with Crippen molar-refractivity contribution in [1.82, 2.24) is 24.6 Å². The number of anilines is 1. The van der Waals surface area contributed by atoms with E-state index in [4.69, 9.17) is 14.2 Å². The average molecular weight is 527 g/mol. The van der Waals surface area contributed by atoms with Gasteiger partial charge in [-0.25, -0.2) is 9.07 Å². The topological polar surface area (TPSA) is 98.0 Å². The first-order valence-electron chi connectivity index (χ1n) is 13.4. The fraction of sp³-hybridized carbons (Fsp3) is 0.593. The van der Waals surface area contributed by atoms with Crippen LogP contribution in [0.5, 0.6) is 6.01 Å². The van der Waals surface area contributed by atoms with Crippen molar-refractivity contribution in [3.05, 3.63) is 35.5 Å². The molecule has 3 unspecified atom stereocenters. The number of piperidine rings is 1. The molecule has 2 aromatic heterocycles. The molecule has 3 aliphatic heterocycles. The average Bonchev–Trinajstić information content (AvgIpc) is 3.63. The molecular formula is C27H35FN6O4. The zero-order chi connectivity index (χ0) is 26.2. The second-order valence-electron chi connectivity index (χ2n) is 10.4.